The van der Waals surface area contributed by atoms with Gasteiger partial charge in [0.15, 0.2) is 0 Å². The van der Waals surface area contributed by atoms with E-state index in [-0.39, 0.29) is 22.2 Å². The molecule has 0 aliphatic rings. The van der Waals surface area contributed by atoms with Crippen molar-refractivity contribution >= 4 is 29.0 Å². The molecule has 0 saturated heterocycles. The number of nitrogens with one attached hydrogen (secondary N) is 1. The predicted molar refractivity (Wildman–Crippen MR) is 68.1 cm³/mol. The van der Waals surface area contributed by atoms with Gasteiger partial charge in [0.1, 0.15) is 17.3 Å². The highest BCUT2D eigenvalue weighted by molar-refractivity contribution is 6.29. The van der Waals surface area contributed by atoms with Gasteiger partial charge in [-0.25, -0.2) is 9.97 Å². The molecule has 2 aromatic rings. The van der Waals surface area contributed by atoms with E-state index in [0.29, 0.717) is 0 Å². The van der Waals surface area contributed by atoms with Crippen molar-refractivity contribution in [3.63, 3.8) is 0 Å². The third-order valence-electron chi connectivity index (χ3n) is 2.19. The molecular weight excluding hydrogens is 272 g/mol. The largest absolute Gasteiger partial charge is 0.306 e. The quantitative estimate of drug-likeness (QED) is 0.527. The second-order valence-electron chi connectivity index (χ2n) is 3.49. The van der Waals surface area contributed by atoms with Crippen molar-refractivity contribution in [1.29, 1.82) is 0 Å². The summed E-state index contributed by atoms with van der Waals surface area (Å²) in [6.07, 6.45) is 1.20. The van der Waals surface area contributed by atoms with Gasteiger partial charge in [-0.15, -0.1) is 0 Å². The maximum absolute atomic E-state index is 11.9. The summed E-state index contributed by atoms with van der Waals surface area (Å²) in [4.78, 5) is 29.4. The molecule has 0 atom stereocenters. The van der Waals surface area contributed by atoms with Gasteiger partial charge in [0, 0.05) is 23.8 Å². The van der Waals surface area contributed by atoms with Crippen LogP contribution in [0.1, 0.15) is 10.4 Å². The molecule has 0 radical (unpaired) electrons. The topological polar surface area (TPSA) is 98.0 Å². The number of amides is 1. The van der Waals surface area contributed by atoms with Gasteiger partial charge in [-0.05, 0) is 6.07 Å². The summed E-state index contributed by atoms with van der Waals surface area (Å²) in [5.74, 6) is -0.296. The van der Waals surface area contributed by atoms with E-state index in [9.17, 15) is 14.9 Å². The Kier molecular flexibility index (Phi) is 3.67. The fraction of sp³-hybridized carbons (Fsp3) is 0. The molecule has 0 unspecified atom stereocenters. The highest BCUT2D eigenvalue weighted by atomic mass is 35.5. The molecule has 1 N–H and O–H groups in total. The van der Waals surface area contributed by atoms with E-state index in [1.807, 2.05) is 0 Å². The normalized spacial score (nSPS) is 9.95. The number of rotatable bonds is 3. The second-order valence-corrected chi connectivity index (χ2v) is 3.87. The molecule has 1 heterocycles. The molecule has 8 heteroatoms. The van der Waals surface area contributed by atoms with Crippen molar-refractivity contribution in [2.45, 2.75) is 0 Å². The summed E-state index contributed by atoms with van der Waals surface area (Å²) in [5.41, 5.74) is -0.00250. The van der Waals surface area contributed by atoms with Crippen LogP contribution in [0.2, 0.25) is 5.15 Å². The molecule has 96 valence electrons. The highest BCUT2D eigenvalue weighted by Gasteiger charge is 2.12. The van der Waals surface area contributed by atoms with Crippen molar-refractivity contribution in [1.82, 2.24) is 9.97 Å². The lowest BCUT2D eigenvalue weighted by Crippen LogP contribution is -2.13. The van der Waals surface area contributed by atoms with E-state index >= 15 is 0 Å². The van der Waals surface area contributed by atoms with Crippen LogP contribution in [0.25, 0.3) is 0 Å². The van der Waals surface area contributed by atoms with Gasteiger partial charge in [0.25, 0.3) is 11.6 Å². The average molecular weight is 279 g/mol. The molecule has 0 aliphatic carbocycles. The molecule has 0 fully saturated rings. The molecule has 1 aromatic carbocycles. The van der Waals surface area contributed by atoms with E-state index in [0.717, 1.165) is 0 Å². The number of nitro benzene ring substituents is 1. The molecule has 2 rings (SSSR count). The molecule has 0 spiro atoms. The monoisotopic (exact) mass is 278 g/mol. The minimum Gasteiger partial charge on any atom is -0.306 e. The summed E-state index contributed by atoms with van der Waals surface area (Å²) in [6, 6.07) is 6.75. The minimum atomic E-state index is -0.571. The van der Waals surface area contributed by atoms with E-state index in [1.165, 1.54) is 36.7 Å². The standard InChI is InChI=1S/C11H7ClN4O3/c12-9-5-10(14-6-13-9)15-11(17)7-2-1-3-8(4-7)16(18)19/h1-6H,(H,13,14,15,17). The number of carbonyl (C=O) groups excluding carboxylic acids is 1. The van der Waals surface area contributed by atoms with Crippen molar-refractivity contribution in [3.8, 4) is 0 Å². The number of halogens is 1. The zero-order valence-corrected chi connectivity index (χ0v) is 10.2. The van der Waals surface area contributed by atoms with Crippen molar-refractivity contribution in [2.24, 2.45) is 0 Å². The summed E-state index contributed by atoms with van der Waals surface area (Å²) in [5, 5.41) is 13.3. The maximum atomic E-state index is 11.9. The fourth-order valence-electron chi connectivity index (χ4n) is 1.35. The number of carbonyl (C=O) groups is 1. The first kappa shape index (κ1) is 12.9. The van der Waals surface area contributed by atoms with Crippen LogP contribution in [0.3, 0.4) is 0 Å². The fourth-order valence-corrected chi connectivity index (χ4v) is 1.50. The lowest BCUT2D eigenvalue weighted by molar-refractivity contribution is -0.384. The van der Waals surface area contributed by atoms with Crippen molar-refractivity contribution < 1.29 is 9.72 Å². The lowest BCUT2D eigenvalue weighted by Gasteiger charge is -2.04. The van der Waals surface area contributed by atoms with E-state index in [4.69, 9.17) is 11.6 Å². The summed E-state index contributed by atoms with van der Waals surface area (Å²) in [7, 11) is 0. The molecule has 1 amide bonds. The Hall–Kier alpha value is -2.54. The van der Waals surface area contributed by atoms with Crippen LogP contribution < -0.4 is 5.32 Å². The number of aromatic nitrogens is 2. The second kappa shape index (κ2) is 5.40. The number of hydrogen-bond acceptors (Lipinski definition) is 5. The third-order valence-corrected chi connectivity index (χ3v) is 2.40. The zero-order chi connectivity index (χ0) is 13.8. The molecule has 0 saturated carbocycles. The Balaban J connectivity index is 2.20. The van der Waals surface area contributed by atoms with Gasteiger partial charge < -0.3 is 5.32 Å². The molecule has 0 bridgehead atoms. The van der Waals surface area contributed by atoms with Crippen LogP contribution in [0.15, 0.2) is 36.7 Å². The Morgan fingerprint density at radius 2 is 2.11 bits per heavy atom. The van der Waals surface area contributed by atoms with Gasteiger partial charge in [0.05, 0.1) is 4.92 Å². The molecule has 19 heavy (non-hydrogen) atoms. The van der Waals surface area contributed by atoms with Crippen LogP contribution in [0.4, 0.5) is 11.5 Å². The molecule has 0 aliphatic heterocycles. The minimum absolute atomic E-state index is 0.156. The van der Waals surface area contributed by atoms with Crippen LogP contribution in [0, 0.1) is 10.1 Å². The Morgan fingerprint density at radius 3 is 2.79 bits per heavy atom. The lowest BCUT2D eigenvalue weighted by atomic mass is 10.2. The maximum Gasteiger partial charge on any atom is 0.270 e. The van der Waals surface area contributed by atoms with E-state index in [2.05, 4.69) is 15.3 Å². The van der Waals surface area contributed by atoms with Crippen LogP contribution in [0.5, 0.6) is 0 Å². The highest BCUT2D eigenvalue weighted by Crippen LogP contribution is 2.15. The molecular formula is C11H7ClN4O3. The van der Waals surface area contributed by atoms with Gasteiger partial charge in [-0.3, -0.25) is 14.9 Å². The Bertz CT molecular complexity index is 647. The average Bonchev–Trinajstić information content (AvgIpc) is 2.39. The molecule has 7 nitrogen and oxygen atoms in total. The van der Waals surface area contributed by atoms with E-state index in [1.54, 1.807) is 0 Å². The van der Waals surface area contributed by atoms with Crippen molar-refractivity contribution in [2.75, 3.05) is 5.32 Å². The zero-order valence-electron chi connectivity index (χ0n) is 9.41. The van der Waals surface area contributed by atoms with Gasteiger partial charge in [0.2, 0.25) is 0 Å². The first-order chi connectivity index (χ1) is 9.06. The number of anilines is 1. The van der Waals surface area contributed by atoms with Gasteiger partial charge in [-0.1, -0.05) is 17.7 Å². The SMILES string of the molecule is O=C(Nc1cc(Cl)ncn1)c1cccc([N+](=O)[O-])c1. The Labute approximate surface area is 112 Å². The number of nitrogens with zero attached hydrogens (tertiary/aromatic N) is 3. The van der Waals surface area contributed by atoms with E-state index < -0.39 is 10.8 Å². The van der Waals surface area contributed by atoms with Crippen molar-refractivity contribution in [3.05, 3.63) is 57.5 Å². The van der Waals surface area contributed by atoms with Crippen LogP contribution in [-0.2, 0) is 0 Å². The summed E-state index contributed by atoms with van der Waals surface area (Å²) >= 11 is 5.65. The summed E-state index contributed by atoms with van der Waals surface area (Å²) < 4.78 is 0. The van der Waals surface area contributed by atoms with Gasteiger partial charge in [-0.2, -0.15) is 0 Å². The predicted octanol–water partition coefficient (Wildman–Crippen LogP) is 2.29. The first-order valence-corrected chi connectivity index (χ1v) is 5.47. The van der Waals surface area contributed by atoms with Crippen LogP contribution >= 0.6 is 11.6 Å². The molecule has 1 aromatic heterocycles. The number of non-ortho nitro benzene ring substituents is 1. The smallest absolute Gasteiger partial charge is 0.270 e. The first-order valence-electron chi connectivity index (χ1n) is 5.09. The number of hydrogen-bond donors (Lipinski definition) is 1. The summed E-state index contributed by atoms with van der Waals surface area (Å²) in [6.45, 7) is 0. The number of benzene rings is 1. The van der Waals surface area contributed by atoms with Crippen LogP contribution in [-0.4, -0.2) is 20.8 Å². The third kappa shape index (κ3) is 3.23. The van der Waals surface area contributed by atoms with Gasteiger partial charge >= 0.3 is 0 Å². The number of nitro groups is 1. The Morgan fingerprint density at radius 1 is 1.32 bits per heavy atom.